The molecule has 4 saturated heterocycles. The van der Waals surface area contributed by atoms with Gasteiger partial charge in [-0.3, -0.25) is 34.5 Å². The highest BCUT2D eigenvalue weighted by Crippen LogP contribution is 2.61. The number of pyridine rings is 1. The highest BCUT2D eigenvalue weighted by molar-refractivity contribution is 6.31. The number of piperidine rings is 1. The van der Waals surface area contributed by atoms with Gasteiger partial charge < -0.3 is 14.5 Å². The van der Waals surface area contributed by atoms with Gasteiger partial charge in [-0.25, -0.2) is 4.79 Å². The van der Waals surface area contributed by atoms with Crippen molar-refractivity contribution < 1.29 is 23.9 Å². The van der Waals surface area contributed by atoms with Crippen molar-refractivity contribution >= 4 is 40.9 Å². The summed E-state index contributed by atoms with van der Waals surface area (Å²) in [5.74, 6) is 3.50. The number of anilines is 1. The molecule has 0 bridgehead atoms. The lowest BCUT2D eigenvalue weighted by Gasteiger charge is -2.63. The minimum Gasteiger partial charge on any atom is -0.489 e. The van der Waals surface area contributed by atoms with E-state index < -0.39 is 17.6 Å². The van der Waals surface area contributed by atoms with Gasteiger partial charge in [-0.15, -0.1) is 6.42 Å². The molecule has 1 aromatic carbocycles. The first-order valence-electron chi connectivity index (χ1n) is 19.9. The number of nitrogens with one attached hydrogen (secondary N) is 1. The summed E-state index contributed by atoms with van der Waals surface area (Å²) in [5, 5.41) is 2.88. The Morgan fingerprint density at radius 3 is 2.36 bits per heavy atom. The molecule has 0 radical (unpaired) electrons. The third-order valence-electron chi connectivity index (χ3n) is 13.5. The Hall–Kier alpha value is -4.14. The van der Waals surface area contributed by atoms with Gasteiger partial charge in [-0.1, -0.05) is 45.2 Å². The molecule has 4 aliphatic heterocycles. The smallest absolute Gasteiger partial charge is 0.325 e. The Labute approximate surface area is 330 Å². The number of hydrogen-bond acceptors (Lipinski definition) is 8. The second kappa shape index (κ2) is 14.7. The molecule has 5 fully saturated rings. The number of carbonyl (C=O) groups is 4. The van der Waals surface area contributed by atoms with Crippen LogP contribution in [0.25, 0.3) is 0 Å². The minimum absolute atomic E-state index is 0.0168. The van der Waals surface area contributed by atoms with E-state index >= 15 is 0 Å². The van der Waals surface area contributed by atoms with Gasteiger partial charge in [0.05, 0.1) is 16.9 Å². The SMILES string of the molecule is C#Cc1ccc(OC2C(C)(C)C(CC(=O)c3ccc(N4CCN(CCCC5CCC6CC(N7C(=O)NC(=O)C7(C)C)C(=O)N6C5)CC4)cn3)C2(C)C)cc1Cl. The summed E-state index contributed by atoms with van der Waals surface area (Å²) < 4.78 is 6.44. The van der Waals surface area contributed by atoms with Gasteiger partial charge in [0.2, 0.25) is 5.91 Å². The number of fused-ring (bicyclic) bond motifs is 1. The summed E-state index contributed by atoms with van der Waals surface area (Å²) >= 11 is 6.33. The number of amides is 4. The average Bonchev–Trinajstić information content (AvgIpc) is 3.57. The molecular formula is C43H55ClN6O5. The topological polar surface area (TPSA) is 115 Å². The fraction of sp³-hybridized carbons (Fsp3) is 0.605. The van der Waals surface area contributed by atoms with Gasteiger partial charge >= 0.3 is 6.03 Å². The molecule has 7 rings (SSSR count). The lowest BCUT2D eigenvalue weighted by atomic mass is 9.44. The zero-order valence-electron chi connectivity index (χ0n) is 33.1. The Morgan fingerprint density at radius 1 is 1.02 bits per heavy atom. The van der Waals surface area contributed by atoms with Crippen LogP contribution in [0.15, 0.2) is 36.5 Å². The summed E-state index contributed by atoms with van der Waals surface area (Å²) in [6.45, 7) is 17.5. The lowest BCUT2D eigenvalue weighted by Crippen LogP contribution is -2.66. The van der Waals surface area contributed by atoms with Crippen LogP contribution < -0.4 is 15.0 Å². The highest BCUT2D eigenvalue weighted by atomic mass is 35.5. The zero-order valence-corrected chi connectivity index (χ0v) is 33.8. The molecule has 294 valence electrons. The molecule has 1 saturated carbocycles. The van der Waals surface area contributed by atoms with Gasteiger partial charge in [0.25, 0.3) is 5.91 Å². The van der Waals surface area contributed by atoms with E-state index in [1.807, 2.05) is 29.3 Å². The Bertz CT molecular complexity index is 1860. The van der Waals surface area contributed by atoms with Crippen molar-refractivity contribution in [2.45, 2.75) is 104 Å². The molecule has 11 nitrogen and oxygen atoms in total. The normalized spacial score (nSPS) is 28.4. The molecular weight excluding hydrogens is 716 g/mol. The molecule has 1 N–H and O–H groups in total. The van der Waals surface area contributed by atoms with E-state index in [0.29, 0.717) is 40.8 Å². The van der Waals surface area contributed by atoms with Crippen molar-refractivity contribution in [2.75, 3.05) is 44.2 Å². The standard InChI is InChI=1S/C43H55ClN6O5/c1-8-28-12-15-31(23-32(28)44)55-38-41(2,3)36(42(38,4)5)24-35(51)33-16-14-30(25-45-33)48-20-18-47(19-21-48)17-9-10-27-11-13-29-22-34(37(52)49(29)26-27)50-40(54)46-39(53)43(50,6)7/h1,12,14-16,23,25,27,29,34,36,38H,9-11,13,17-22,24,26H2,2-7H3,(H,46,53,54). The number of nitrogens with zero attached hydrogens (tertiary/aromatic N) is 5. The van der Waals surface area contributed by atoms with Gasteiger partial charge in [-0.2, -0.15) is 0 Å². The zero-order chi connectivity index (χ0) is 39.4. The van der Waals surface area contributed by atoms with E-state index in [-0.39, 0.29) is 46.5 Å². The Kier molecular flexibility index (Phi) is 10.5. The number of hydrogen-bond donors (Lipinski definition) is 1. The van der Waals surface area contributed by atoms with Crippen LogP contribution in [-0.4, -0.2) is 106 Å². The number of rotatable bonds is 11. The van der Waals surface area contributed by atoms with Crippen molar-refractivity contribution in [3.8, 4) is 18.1 Å². The van der Waals surface area contributed by atoms with E-state index in [1.54, 1.807) is 26.0 Å². The van der Waals surface area contributed by atoms with Crippen LogP contribution in [0.1, 0.15) is 96.1 Å². The fourth-order valence-electron chi connectivity index (χ4n) is 10.5. The van der Waals surface area contributed by atoms with Crippen molar-refractivity contribution in [1.82, 2.24) is 25.0 Å². The monoisotopic (exact) mass is 770 g/mol. The summed E-state index contributed by atoms with van der Waals surface area (Å²) in [5.41, 5.74) is 0.675. The minimum atomic E-state index is -1.02. The summed E-state index contributed by atoms with van der Waals surface area (Å²) in [7, 11) is 0. The first kappa shape index (κ1) is 39.1. The molecule has 5 aliphatic rings. The van der Waals surface area contributed by atoms with Crippen LogP contribution in [0.3, 0.4) is 0 Å². The second-order valence-electron chi connectivity index (χ2n) is 18.0. The first-order chi connectivity index (χ1) is 26.0. The largest absolute Gasteiger partial charge is 0.489 e. The number of Topliss-reactive ketones (excluding diaryl/α,β-unsaturated/α-hetero) is 1. The van der Waals surface area contributed by atoms with Crippen LogP contribution in [0, 0.1) is 35.0 Å². The number of aromatic nitrogens is 1. The molecule has 4 amide bonds. The summed E-state index contributed by atoms with van der Waals surface area (Å²) in [6.07, 6.45) is 12.4. The van der Waals surface area contributed by atoms with E-state index in [4.69, 9.17) is 22.8 Å². The number of benzene rings is 1. The highest BCUT2D eigenvalue weighted by Gasteiger charge is 2.63. The number of terminal acetylenes is 1. The van der Waals surface area contributed by atoms with E-state index in [2.05, 4.69) is 53.7 Å². The quantitative estimate of drug-likeness (QED) is 0.168. The van der Waals surface area contributed by atoms with Crippen LogP contribution in [0.2, 0.25) is 5.02 Å². The van der Waals surface area contributed by atoms with Crippen LogP contribution in [-0.2, 0) is 9.59 Å². The number of ketones is 1. The molecule has 1 aliphatic carbocycles. The molecule has 3 unspecified atom stereocenters. The second-order valence-corrected chi connectivity index (χ2v) is 18.4. The van der Waals surface area contributed by atoms with Crippen molar-refractivity contribution in [3.63, 3.8) is 0 Å². The molecule has 0 spiro atoms. The maximum atomic E-state index is 13.5. The van der Waals surface area contributed by atoms with Crippen LogP contribution >= 0.6 is 11.6 Å². The number of carbonyl (C=O) groups excluding carboxylic acids is 4. The van der Waals surface area contributed by atoms with Crippen molar-refractivity contribution in [3.05, 3.63) is 52.8 Å². The maximum Gasteiger partial charge on any atom is 0.325 e. The van der Waals surface area contributed by atoms with Gasteiger partial charge in [0.1, 0.15) is 29.1 Å². The van der Waals surface area contributed by atoms with Crippen molar-refractivity contribution in [2.24, 2.45) is 22.7 Å². The third-order valence-corrected chi connectivity index (χ3v) is 13.8. The van der Waals surface area contributed by atoms with E-state index in [1.165, 1.54) is 4.90 Å². The molecule has 5 heterocycles. The predicted molar refractivity (Wildman–Crippen MR) is 212 cm³/mol. The average molecular weight is 771 g/mol. The molecule has 2 aromatic rings. The third kappa shape index (κ3) is 7.21. The predicted octanol–water partition coefficient (Wildman–Crippen LogP) is 6.03. The molecule has 3 atom stereocenters. The molecule has 12 heteroatoms. The number of urea groups is 1. The molecule has 1 aromatic heterocycles. The van der Waals surface area contributed by atoms with E-state index in [0.717, 1.165) is 70.6 Å². The maximum absolute atomic E-state index is 13.5. The van der Waals surface area contributed by atoms with Crippen LogP contribution in [0.5, 0.6) is 5.75 Å². The number of ether oxygens (including phenoxy) is 1. The van der Waals surface area contributed by atoms with Crippen LogP contribution in [0.4, 0.5) is 10.5 Å². The van der Waals surface area contributed by atoms with Crippen molar-refractivity contribution in [1.29, 1.82) is 0 Å². The first-order valence-corrected chi connectivity index (χ1v) is 20.2. The Morgan fingerprint density at radius 2 is 1.75 bits per heavy atom. The van der Waals surface area contributed by atoms with Gasteiger partial charge in [-0.05, 0) is 88.6 Å². The lowest BCUT2D eigenvalue weighted by molar-refractivity contribution is -0.196. The van der Waals surface area contributed by atoms with E-state index in [9.17, 15) is 19.2 Å². The molecule has 55 heavy (non-hydrogen) atoms. The Balaban J connectivity index is 0.842. The fourth-order valence-corrected chi connectivity index (χ4v) is 10.7. The number of piperazine rings is 1. The number of imide groups is 1. The van der Waals surface area contributed by atoms with Gasteiger partial charge in [0.15, 0.2) is 5.78 Å². The summed E-state index contributed by atoms with van der Waals surface area (Å²) in [6, 6.07) is 8.42. The summed E-state index contributed by atoms with van der Waals surface area (Å²) in [4.78, 5) is 64.8. The van der Waals surface area contributed by atoms with Gasteiger partial charge in [0, 0.05) is 67.6 Å². The number of halogens is 1.